The first-order valence-corrected chi connectivity index (χ1v) is 9.58. The summed E-state index contributed by atoms with van der Waals surface area (Å²) < 4.78 is 6.06. The number of rotatable bonds is 6. The lowest BCUT2D eigenvalue weighted by molar-refractivity contribution is -0.135. The molecule has 2 N–H and O–H groups in total. The monoisotopic (exact) mass is 373 g/mol. The third-order valence-electron chi connectivity index (χ3n) is 4.51. The van der Waals surface area contributed by atoms with Crippen LogP contribution in [0.1, 0.15) is 23.5 Å². The molecule has 3 rings (SSSR count). The summed E-state index contributed by atoms with van der Waals surface area (Å²) in [5, 5.41) is 2.87. The Bertz CT molecular complexity index is 762. The third-order valence-corrected chi connectivity index (χ3v) is 5.33. The average Bonchev–Trinajstić information content (AvgIpc) is 3.01. The van der Waals surface area contributed by atoms with Crippen LogP contribution in [0.5, 0.6) is 5.75 Å². The molecule has 0 aliphatic carbocycles. The first kappa shape index (κ1) is 18.4. The molecule has 1 aromatic carbocycles. The lowest BCUT2D eigenvalue weighted by atomic mass is 9.91. The van der Waals surface area contributed by atoms with Gasteiger partial charge < -0.3 is 15.4 Å². The van der Waals surface area contributed by atoms with E-state index in [9.17, 15) is 9.59 Å². The summed E-state index contributed by atoms with van der Waals surface area (Å²) in [6, 6.07) is 9.53. The highest BCUT2D eigenvalue weighted by Gasteiger charge is 2.34. The number of aromatic nitrogens is 1. The molecule has 0 bridgehead atoms. The fraction of sp³-hybridized carbons (Fsp3) is 0.421. The van der Waals surface area contributed by atoms with Crippen molar-refractivity contribution in [1.29, 1.82) is 0 Å². The van der Waals surface area contributed by atoms with E-state index >= 15 is 0 Å². The number of piperidine rings is 1. The van der Waals surface area contributed by atoms with Crippen molar-refractivity contribution in [3.8, 4) is 5.75 Å². The van der Waals surface area contributed by atoms with Crippen molar-refractivity contribution in [1.82, 2.24) is 9.88 Å². The smallest absolute Gasteiger partial charge is 0.228 e. The molecule has 0 radical (unpaired) electrons. The lowest BCUT2D eigenvalue weighted by Gasteiger charge is -2.38. The van der Waals surface area contributed by atoms with Gasteiger partial charge in [-0.15, -0.1) is 11.3 Å². The van der Waals surface area contributed by atoms with Gasteiger partial charge in [-0.05, 0) is 19.1 Å². The van der Waals surface area contributed by atoms with Gasteiger partial charge in [0, 0.05) is 37.2 Å². The van der Waals surface area contributed by atoms with Crippen LogP contribution in [0, 0.1) is 12.8 Å². The molecule has 2 amide bonds. The molecule has 1 saturated heterocycles. The van der Waals surface area contributed by atoms with E-state index in [-0.39, 0.29) is 36.7 Å². The predicted octanol–water partition coefficient (Wildman–Crippen LogP) is 2.17. The van der Waals surface area contributed by atoms with Crippen LogP contribution in [0.4, 0.5) is 0 Å². The average molecular weight is 373 g/mol. The van der Waals surface area contributed by atoms with Crippen molar-refractivity contribution in [2.24, 2.45) is 11.7 Å². The number of thiazole rings is 1. The summed E-state index contributed by atoms with van der Waals surface area (Å²) in [6.45, 7) is 3.01. The molecule has 2 aromatic rings. The van der Waals surface area contributed by atoms with E-state index in [2.05, 4.69) is 4.98 Å². The van der Waals surface area contributed by atoms with Gasteiger partial charge in [0.05, 0.1) is 17.1 Å². The maximum Gasteiger partial charge on any atom is 0.228 e. The zero-order chi connectivity index (χ0) is 18.5. The highest BCUT2D eigenvalue weighted by Crippen LogP contribution is 2.26. The van der Waals surface area contributed by atoms with Crippen LogP contribution in [0.2, 0.25) is 0 Å². The number of amides is 2. The number of benzene rings is 1. The summed E-state index contributed by atoms with van der Waals surface area (Å²) in [4.78, 5) is 30.3. The molecule has 26 heavy (non-hydrogen) atoms. The molecule has 6 nitrogen and oxygen atoms in total. The number of primary amides is 1. The van der Waals surface area contributed by atoms with Crippen LogP contribution in [0.25, 0.3) is 0 Å². The molecule has 2 heterocycles. The topological polar surface area (TPSA) is 85.5 Å². The van der Waals surface area contributed by atoms with Gasteiger partial charge in [0.15, 0.2) is 0 Å². The Morgan fingerprint density at radius 3 is 2.77 bits per heavy atom. The van der Waals surface area contributed by atoms with Crippen LogP contribution < -0.4 is 10.5 Å². The second kappa shape index (κ2) is 8.31. The number of para-hydroxylation sites is 1. The summed E-state index contributed by atoms with van der Waals surface area (Å²) in [5.41, 5.74) is 6.22. The van der Waals surface area contributed by atoms with E-state index in [0.717, 1.165) is 16.5 Å². The van der Waals surface area contributed by atoms with Gasteiger partial charge in [-0.2, -0.15) is 0 Å². The number of nitrogens with two attached hydrogens (primary N) is 1. The highest BCUT2D eigenvalue weighted by molar-refractivity contribution is 7.09. The molecule has 0 unspecified atom stereocenters. The standard InChI is InChI=1S/C19H23N3O3S/c1-13-21-15(12-26-13)10-19(24)22-8-7-17(14(11-22)9-18(20)23)25-16-5-3-2-4-6-16/h2-6,12,14,17H,7-11H2,1H3,(H2,20,23)/t14-,17-/m0/s1. The second-order valence-corrected chi connectivity index (χ2v) is 7.63. The third kappa shape index (κ3) is 4.82. The highest BCUT2D eigenvalue weighted by atomic mass is 32.1. The number of hydrogen-bond acceptors (Lipinski definition) is 5. The molecular weight excluding hydrogens is 350 g/mol. The van der Waals surface area contributed by atoms with Gasteiger partial charge >= 0.3 is 0 Å². The Labute approximate surface area is 157 Å². The van der Waals surface area contributed by atoms with Crippen molar-refractivity contribution >= 4 is 23.2 Å². The minimum absolute atomic E-state index is 0.0305. The lowest BCUT2D eigenvalue weighted by Crippen LogP contribution is -2.49. The van der Waals surface area contributed by atoms with Crippen LogP contribution in [0.3, 0.4) is 0 Å². The van der Waals surface area contributed by atoms with Crippen LogP contribution in [-0.4, -0.2) is 40.9 Å². The van der Waals surface area contributed by atoms with Crippen LogP contribution in [0.15, 0.2) is 35.7 Å². The van der Waals surface area contributed by atoms with Crippen LogP contribution in [-0.2, 0) is 16.0 Å². The Hall–Kier alpha value is -2.41. The number of nitrogens with zero attached hydrogens (tertiary/aromatic N) is 2. The minimum atomic E-state index is -0.374. The van der Waals surface area contributed by atoms with Crippen molar-refractivity contribution in [3.05, 3.63) is 46.4 Å². The fourth-order valence-electron chi connectivity index (χ4n) is 3.28. The number of ether oxygens (including phenoxy) is 1. The van der Waals surface area contributed by atoms with Gasteiger partial charge in [0.25, 0.3) is 0 Å². The molecular formula is C19H23N3O3S. The molecule has 1 fully saturated rings. The summed E-state index contributed by atoms with van der Waals surface area (Å²) >= 11 is 1.54. The minimum Gasteiger partial charge on any atom is -0.490 e. The SMILES string of the molecule is Cc1nc(CC(=O)N2CC[C@H](Oc3ccccc3)[C@@H](CC(N)=O)C2)cs1. The maximum absolute atomic E-state index is 12.6. The molecule has 7 heteroatoms. The number of carbonyl (C=O) groups excluding carboxylic acids is 2. The van der Waals surface area contributed by atoms with Gasteiger partial charge in [0.1, 0.15) is 11.9 Å². The Morgan fingerprint density at radius 2 is 2.12 bits per heavy atom. The molecule has 138 valence electrons. The zero-order valence-electron chi connectivity index (χ0n) is 14.8. The van der Waals surface area contributed by atoms with E-state index in [0.29, 0.717) is 19.5 Å². The molecule has 0 saturated carbocycles. The predicted molar refractivity (Wildman–Crippen MR) is 99.9 cm³/mol. The number of hydrogen-bond donors (Lipinski definition) is 1. The largest absolute Gasteiger partial charge is 0.490 e. The quantitative estimate of drug-likeness (QED) is 0.841. The summed E-state index contributed by atoms with van der Waals surface area (Å²) in [5.74, 6) is 0.316. The molecule has 2 atom stereocenters. The Kier molecular flexibility index (Phi) is 5.88. The van der Waals surface area contributed by atoms with E-state index in [1.165, 1.54) is 0 Å². The van der Waals surface area contributed by atoms with Crippen molar-refractivity contribution in [2.45, 2.75) is 32.3 Å². The van der Waals surface area contributed by atoms with Gasteiger partial charge in [0.2, 0.25) is 11.8 Å². The van der Waals surface area contributed by atoms with E-state index < -0.39 is 0 Å². The Balaban J connectivity index is 1.65. The fourth-order valence-corrected chi connectivity index (χ4v) is 3.89. The summed E-state index contributed by atoms with van der Waals surface area (Å²) in [7, 11) is 0. The molecule has 0 spiro atoms. The van der Waals surface area contributed by atoms with Crippen molar-refractivity contribution < 1.29 is 14.3 Å². The normalized spacial score (nSPS) is 20.0. The van der Waals surface area contributed by atoms with Crippen molar-refractivity contribution in [3.63, 3.8) is 0 Å². The second-order valence-electron chi connectivity index (χ2n) is 6.56. The number of aryl methyl sites for hydroxylation is 1. The zero-order valence-corrected chi connectivity index (χ0v) is 15.6. The molecule has 1 aliphatic rings. The number of likely N-dealkylation sites (tertiary alicyclic amines) is 1. The first-order valence-electron chi connectivity index (χ1n) is 8.70. The van der Waals surface area contributed by atoms with Gasteiger partial charge in [-0.1, -0.05) is 18.2 Å². The maximum atomic E-state index is 12.6. The first-order chi connectivity index (χ1) is 12.5. The molecule has 1 aliphatic heterocycles. The van der Waals surface area contributed by atoms with E-state index in [1.54, 1.807) is 16.2 Å². The Morgan fingerprint density at radius 1 is 1.35 bits per heavy atom. The van der Waals surface area contributed by atoms with Crippen LogP contribution >= 0.6 is 11.3 Å². The molecule has 1 aromatic heterocycles. The van der Waals surface area contributed by atoms with Gasteiger partial charge in [-0.3, -0.25) is 9.59 Å². The van der Waals surface area contributed by atoms with E-state index in [1.807, 2.05) is 42.6 Å². The van der Waals surface area contributed by atoms with Gasteiger partial charge in [-0.25, -0.2) is 4.98 Å². The summed E-state index contributed by atoms with van der Waals surface area (Å²) in [6.07, 6.45) is 1.04. The van der Waals surface area contributed by atoms with Crippen molar-refractivity contribution in [2.75, 3.05) is 13.1 Å². The van der Waals surface area contributed by atoms with E-state index in [4.69, 9.17) is 10.5 Å². The number of carbonyl (C=O) groups is 2.